The van der Waals surface area contributed by atoms with Crippen molar-refractivity contribution < 1.29 is 13.9 Å². The van der Waals surface area contributed by atoms with Crippen molar-refractivity contribution >= 4 is 15.9 Å². The molecule has 1 saturated carbocycles. The van der Waals surface area contributed by atoms with E-state index in [0.29, 0.717) is 0 Å². The lowest BCUT2D eigenvalue weighted by atomic mass is 9.81. The molecule has 2 rings (SSSR count). The first-order valence-corrected chi connectivity index (χ1v) is 5.95. The molecule has 1 unspecified atom stereocenters. The van der Waals surface area contributed by atoms with Gasteiger partial charge in [-0.05, 0) is 47.8 Å². The van der Waals surface area contributed by atoms with Crippen LogP contribution in [-0.2, 0) is 5.60 Å². The molecule has 0 amide bonds. The average Bonchev–Trinajstić information content (AvgIpc) is 2.92. The van der Waals surface area contributed by atoms with E-state index >= 15 is 0 Å². The largest absolute Gasteiger partial charge is 0.385 e. The third-order valence-corrected chi connectivity index (χ3v) is 4.32. The fraction of sp³-hybridized carbons (Fsp3) is 0.500. The van der Waals surface area contributed by atoms with E-state index in [9.17, 15) is 13.9 Å². The van der Waals surface area contributed by atoms with Crippen LogP contribution < -0.4 is 0 Å². The molecule has 1 aromatic carbocycles. The second-order valence-electron chi connectivity index (χ2n) is 4.85. The molecule has 0 radical (unpaired) electrons. The quantitative estimate of drug-likeness (QED) is 0.823. The molecule has 1 N–H and O–H groups in total. The summed E-state index contributed by atoms with van der Waals surface area (Å²) in [6, 6.07) is 2.47. The molecule has 0 aromatic heterocycles. The number of hydrogen-bond acceptors (Lipinski definition) is 1. The molecular formula is C12H13BrF2O. The Morgan fingerprint density at radius 3 is 2.44 bits per heavy atom. The molecule has 4 heteroatoms. The zero-order chi connectivity index (χ0) is 12.1. The first kappa shape index (κ1) is 12.0. The first-order chi connectivity index (χ1) is 7.29. The van der Waals surface area contributed by atoms with Gasteiger partial charge in [-0.2, -0.15) is 0 Å². The van der Waals surface area contributed by atoms with E-state index in [2.05, 4.69) is 15.9 Å². The highest BCUT2D eigenvalue weighted by molar-refractivity contribution is 9.10. The highest BCUT2D eigenvalue weighted by atomic mass is 79.9. The van der Waals surface area contributed by atoms with Crippen molar-refractivity contribution in [2.75, 3.05) is 0 Å². The van der Waals surface area contributed by atoms with E-state index in [0.717, 1.165) is 12.8 Å². The Morgan fingerprint density at radius 2 is 1.94 bits per heavy atom. The maximum Gasteiger partial charge on any atom is 0.146 e. The Morgan fingerprint density at radius 1 is 1.38 bits per heavy atom. The molecule has 16 heavy (non-hydrogen) atoms. The van der Waals surface area contributed by atoms with E-state index in [1.165, 1.54) is 19.1 Å². The Hall–Kier alpha value is -0.480. The van der Waals surface area contributed by atoms with E-state index in [4.69, 9.17) is 0 Å². The third-order valence-electron chi connectivity index (χ3n) is 3.71. The maximum absolute atomic E-state index is 13.9. The minimum atomic E-state index is -1.47. The number of aliphatic hydroxyl groups is 1. The van der Waals surface area contributed by atoms with Crippen molar-refractivity contribution in [3.05, 3.63) is 33.8 Å². The molecule has 1 atom stereocenters. The molecule has 1 aromatic rings. The highest BCUT2D eigenvalue weighted by Gasteiger charge is 2.55. The summed E-state index contributed by atoms with van der Waals surface area (Å²) in [7, 11) is 0. The van der Waals surface area contributed by atoms with Gasteiger partial charge in [0.2, 0.25) is 0 Å². The predicted octanol–water partition coefficient (Wildman–Crippen LogP) is 3.73. The van der Waals surface area contributed by atoms with Crippen LogP contribution in [0.25, 0.3) is 0 Å². The van der Waals surface area contributed by atoms with Crippen molar-refractivity contribution in [1.29, 1.82) is 0 Å². The van der Waals surface area contributed by atoms with Gasteiger partial charge in [-0.25, -0.2) is 8.78 Å². The van der Waals surface area contributed by atoms with Gasteiger partial charge in [-0.15, -0.1) is 0 Å². The van der Waals surface area contributed by atoms with Crippen LogP contribution in [0.1, 0.15) is 32.3 Å². The van der Waals surface area contributed by atoms with Gasteiger partial charge in [0.05, 0.1) is 15.6 Å². The van der Waals surface area contributed by atoms with Gasteiger partial charge in [0.1, 0.15) is 11.6 Å². The van der Waals surface area contributed by atoms with E-state index in [1.54, 1.807) is 0 Å². The van der Waals surface area contributed by atoms with Crippen LogP contribution in [0.4, 0.5) is 8.78 Å². The lowest BCUT2D eigenvalue weighted by molar-refractivity contribution is -0.0191. The van der Waals surface area contributed by atoms with Crippen molar-refractivity contribution in [1.82, 2.24) is 0 Å². The Kier molecular flexibility index (Phi) is 2.63. The lowest BCUT2D eigenvalue weighted by Gasteiger charge is -2.31. The summed E-state index contributed by atoms with van der Waals surface area (Å²) in [6.45, 7) is 3.32. The fourth-order valence-corrected chi connectivity index (χ4v) is 2.28. The number of halogens is 3. The standard InChI is InChI=1S/C12H13BrF2O/c1-11(5-6-11)12(2,16)9-8(14)4-3-7(13)10(9)15/h3-4,16H,5-6H2,1-2H3. The van der Waals surface area contributed by atoms with Gasteiger partial charge in [-0.3, -0.25) is 0 Å². The van der Waals surface area contributed by atoms with Crippen LogP contribution in [0.2, 0.25) is 0 Å². The number of hydrogen-bond donors (Lipinski definition) is 1. The van der Waals surface area contributed by atoms with Gasteiger partial charge in [0, 0.05) is 5.41 Å². The fourth-order valence-electron chi connectivity index (χ4n) is 1.95. The smallest absolute Gasteiger partial charge is 0.146 e. The monoisotopic (exact) mass is 290 g/mol. The topological polar surface area (TPSA) is 20.2 Å². The van der Waals surface area contributed by atoms with Crippen molar-refractivity contribution in [3.63, 3.8) is 0 Å². The van der Waals surface area contributed by atoms with Crippen LogP contribution in [-0.4, -0.2) is 5.11 Å². The van der Waals surface area contributed by atoms with Crippen molar-refractivity contribution in [2.24, 2.45) is 5.41 Å². The summed E-state index contributed by atoms with van der Waals surface area (Å²) < 4.78 is 27.7. The van der Waals surface area contributed by atoms with Gasteiger partial charge in [0.15, 0.2) is 0 Å². The molecule has 1 aliphatic rings. The zero-order valence-electron chi connectivity index (χ0n) is 9.15. The zero-order valence-corrected chi connectivity index (χ0v) is 10.7. The Bertz CT molecular complexity index is 439. The molecule has 0 spiro atoms. The molecule has 1 fully saturated rings. The van der Waals surface area contributed by atoms with E-state index in [1.807, 2.05) is 6.92 Å². The van der Waals surface area contributed by atoms with Gasteiger partial charge < -0.3 is 5.11 Å². The molecule has 0 heterocycles. The van der Waals surface area contributed by atoms with Gasteiger partial charge in [-0.1, -0.05) is 6.92 Å². The van der Waals surface area contributed by atoms with Crippen LogP contribution in [0, 0.1) is 17.0 Å². The molecule has 88 valence electrons. The summed E-state index contributed by atoms with van der Waals surface area (Å²) in [5, 5.41) is 10.4. The molecule has 1 aliphatic carbocycles. The maximum atomic E-state index is 13.9. The Balaban J connectivity index is 2.59. The second kappa shape index (κ2) is 3.50. The highest BCUT2D eigenvalue weighted by Crippen LogP contribution is 2.58. The van der Waals surface area contributed by atoms with Gasteiger partial charge >= 0.3 is 0 Å². The molecule has 1 nitrogen and oxygen atoms in total. The van der Waals surface area contributed by atoms with Crippen molar-refractivity contribution in [3.8, 4) is 0 Å². The lowest BCUT2D eigenvalue weighted by Crippen LogP contribution is -2.33. The van der Waals surface area contributed by atoms with Crippen LogP contribution in [0.15, 0.2) is 16.6 Å². The van der Waals surface area contributed by atoms with E-state index in [-0.39, 0.29) is 10.0 Å². The number of benzene rings is 1. The predicted molar refractivity (Wildman–Crippen MR) is 61.0 cm³/mol. The summed E-state index contributed by atoms with van der Waals surface area (Å²) in [6.07, 6.45) is 1.57. The average molecular weight is 291 g/mol. The minimum Gasteiger partial charge on any atom is -0.385 e. The van der Waals surface area contributed by atoms with Crippen LogP contribution in [0.3, 0.4) is 0 Å². The Labute approximate surface area is 102 Å². The third kappa shape index (κ3) is 1.59. The summed E-state index contributed by atoms with van der Waals surface area (Å²) >= 11 is 3.01. The summed E-state index contributed by atoms with van der Waals surface area (Å²) in [4.78, 5) is 0. The van der Waals surface area contributed by atoms with Crippen LogP contribution in [0.5, 0.6) is 0 Å². The number of rotatable bonds is 2. The molecular weight excluding hydrogens is 278 g/mol. The van der Waals surface area contributed by atoms with Crippen molar-refractivity contribution in [2.45, 2.75) is 32.3 Å². The second-order valence-corrected chi connectivity index (χ2v) is 5.71. The normalized spacial score (nSPS) is 21.6. The SMILES string of the molecule is CC1(C(C)(O)c2c(F)ccc(Br)c2F)CC1. The molecule has 0 saturated heterocycles. The summed E-state index contributed by atoms with van der Waals surface area (Å²) in [5.74, 6) is -1.41. The van der Waals surface area contributed by atoms with E-state index < -0.39 is 22.7 Å². The van der Waals surface area contributed by atoms with Gasteiger partial charge in [0.25, 0.3) is 0 Å². The summed E-state index contributed by atoms with van der Waals surface area (Å²) in [5.41, 5.74) is -2.12. The molecule has 0 bridgehead atoms. The van der Waals surface area contributed by atoms with Crippen LogP contribution >= 0.6 is 15.9 Å². The molecule has 0 aliphatic heterocycles. The first-order valence-electron chi connectivity index (χ1n) is 5.16. The minimum absolute atomic E-state index is 0.174.